The first-order valence-electron chi connectivity index (χ1n) is 9.83. The Labute approximate surface area is 180 Å². The van der Waals surface area contributed by atoms with E-state index < -0.39 is 27.7 Å². The van der Waals surface area contributed by atoms with Crippen LogP contribution in [0.15, 0.2) is 41.3 Å². The van der Waals surface area contributed by atoms with Gasteiger partial charge in [-0.15, -0.1) is 0 Å². The highest BCUT2D eigenvalue weighted by Crippen LogP contribution is 2.27. The number of nitrogens with two attached hydrogens (primary N) is 1. The Kier molecular flexibility index (Phi) is 6.91. The topological polar surface area (TPSA) is 119 Å². The lowest BCUT2D eigenvalue weighted by atomic mass is 10.1. The van der Waals surface area contributed by atoms with Crippen LogP contribution in [0, 0.1) is 5.82 Å². The summed E-state index contributed by atoms with van der Waals surface area (Å²) in [6, 6.07) is 7.40. The van der Waals surface area contributed by atoms with Crippen LogP contribution in [0.2, 0.25) is 0 Å². The van der Waals surface area contributed by atoms with Gasteiger partial charge in [-0.1, -0.05) is 12.8 Å². The van der Waals surface area contributed by atoms with Crippen LogP contribution in [0.4, 0.5) is 10.1 Å². The number of ether oxygens (including phenoxy) is 1. The lowest BCUT2D eigenvalue weighted by Gasteiger charge is -2.20. The fraction of sp³-hybridized carbons (Fsp3) is 0.333. The number of primary amides is 1. The molecule has 0 spiro atoms. The Morgan fingerprint density at radius 3 is 2.32 bits per heavy atom. The minimum absolute atomic E-state index is 0.0371. The fourth-order valence-electron chi connectivity index (χ4n) is 3.42. The van der Waals surface area contributed by atoms with Crippen molar-refractivity contribution < 1.29 is 27.1 Å². The summed E-state index contributed by atoms with van der Waals surface area (Å²) in [7, 11) is -2.45. The van der Waals surface area contributed by atoms with Crippen molar-refractivity contribution in [2.45, 2.75) is 30.6 Å². The summed E-state index contributed by atoms with van der Waals surface area (Å²) in [5.74, 6) is -2.27. The third-order valence-corrected chi connectivity index (χ3v) is 7.01. The van der Waals surface area contributed by atoms with Crippen molar-refractivity contribution in [2.24, 2.45) is 5.73 Å². The Morgan fingerprint density at radius 1 is 1.06 bits per heavy atom. The molecule has 1 fully saturated rings. The second-order valence-electron chi connectivity index (χ2n) is 7.19. The summed E-state index contributed by atoms with van der Waals surface area (Å²) < 4.78 is 47.0. The predicted octanol–water partition coefficient (Wildman–Crippen LogP) is 2.75. The van der Waals surface area contributed by atoms with Crippen LogP contribution < -0.4 is 15.8 Å². The molecule has 1 saturated heterocycles. The summed E-state index contributed by atoms with van der Waals surface area (Å²) in [4.78, 5) is 23.9. The third-order valence-electron chi connectivity index (χ3n) is 5.12. The molecule has 3 N–H and O–H groups in total. The average molecular weight is 450 g/mol. The van der Waals surface area contributed by atoms with Crippen LogP contribution >= 0.6 is 0 Å². The number of sulfonamides is 1. The molecule has 0 bridgehead atoms. The molecule has 1 heterocycles. The zero-order valence-corrected chi connectivity index (χ0v) is 17.9. The highest BCUT2D eigenvalue weighted by atomic mass is 32.2. The van der Waals surface area contributed by atoms with Crippen molar-refractivity contribution in [3.05, 3.63) is 53.3 Å². The van der Waals surface area contributed by atoms with Gasteiger partial charge in [-0.3, -0.25) is 9.59 Å². The largest absolute Gasteiger partial charge is 0.496 e. The molecule has 8 nitrogen and oxygen atoms in total. The molecule has 2 aromatic carbocycles. The zero-order valence-electron chi connectivity index (χ0n) is 17.1. The number of methoxy groups -OCH3 is 1. The van der Waals surface area contributed by atoms with Gasteiger partial charge in [0.25, 0.3) is 5.91 Å². The molecule has 166 valence electrons. The molecule has 0 radical (unpaired) electrons. The number of nitrogens with one attached hydrogen (secondary N) is 1. The maximum absolute atomic E-state index is 14.3. The van der Waals surface area contributed by atoms with Gasteiger partial charge < -0.3 is 15.8 Å². The summed E-state index contributed by atoms with van der Waals surface area (Å²) in [5, 5.41) is 2.38. The number of hydrogen-bond donors (Lipinski definition) is 2. The standard InChI is InChI=1S/C21H24FN3O5S/c1-30-19-9-7-15(31(28,29)25-10-4-2-3-5-11-25)13-16(19)21(27)24-18-8-6-14(20(23)26)12-17(18)22/h6-9,12-13H,2-5,10-11H2,1H3,(H2,23,26)(H,24,27). The fourth-order valence-corrected chi connectivity index (χ4v) is 4.96. The van der Waals surface area contributed by atoms with Crippen LogP contribution in [0.5, 0.6) is 5.75 Å². The minimum Gasteiger partial charge on any atom is -0.496 e. The SMILES string of the molecule is COc1ccc(S(=O)(=O)N2CCCCCC2)cc1C(=O)Nc1ccc(C(N)=O)cc1F. The molecule has 10 heteroatoms. The molecule has 0 unspecified atom stereocenters. The van der Waals surface area contributed by atoms with Crippen molar-refractivity contribution in [2.75, 3.05) is 25.5 Å². The molecule has 1 aliphatic heterocycles. The van der Waals surface area contributed by atoms with Gasteiger partial charge in [0.1, 0.15) is 11.6 Å². The van der Waals surface area contributed by atoms with Crippen LogP contribution in [-0.4, -0.2) is 44.7 Å². The normalized spacial score (nSPS) is 15.2. The molecule has 2 aromatic rings. The van der Waals surface area contributed by atoms with E-state index in [0.29, 0.717) is 13.1 Å². The van der Waals surface area contributed by atoms with Gasteiger partial charge in [0, 0.05) is 18.7 Å². The lowest BCUT2D eigenvalue weighted by Crippen LogP contribution is -2.32. The molecule has 1 aliphatic rings. The first-order chi connectivity index (χ1) is 14.7. The highest BCUT2D eigenvalue weighted by Gasteiger charge is 2.27. The zero-order chi connectivity index (χ0) is 22.6. The van der Waals surface area contributed by atoms with Crippen molar-refractivity contribution in [1.29, 1.82) is 0 Å². The summed E-state index contributed by atoms with van der Waals surface area (Å²) in [5.41, 5.74) is 4.84. The van der Waals surface area contributed by atoms with Crippen LogP contribution in [0.25, 0.3) is 0 Å². The van der Waals surface area contributed by atoms with Crippen molar-refractivity contribution in [3.63, 3.8) is 0 Å². The molecule has 31 heavy (non-hydrogen) atoms. The number of carbonyl (C=O) groups excluding carboxylic acids is 2. The van der Waals surface area contributed by atoms with E-state index in [1.807, 2.05) is 0 Å². The van der Waals surface area contributed by atoms with Gasteiger partial charge in [0.2, 0.25) is 15.9 Å². The third kappa shape index (κ3) is 5.02. The van der Waals surface area contributed by atoms with E-state index in [0.717, 1.165) is 31.7 Å². The second kappa shape index (κ2) is 9.44. The van der Waals surface area contributed by atoms with E-state index in [-0.39, 0.29) is 27.5 Å². The maximum Gasteiger partial charge on any atom is 0.259 e. The van der Waals surface area contributed by atoms with Crippen LogP contribution in [0.1, 0.15) is 46.4 Å². The second-order valence-corrected chi connectivity index (χ2v) is 9.13. The first kappa shape index (κ1) is 22.7. The lowest BCUT2D eigenvalue weighted by molar-refractivity contribution is 0.0997. The number of nitrogens with zero attached hydrogens (tertiary/aromatic N) is 1. The average Bonchev–Trinajstić information content (AvgIpc) is 3.04. The Morgan fingerprint density at radius 2 is 1.74 bits per heavy atom. The van der Waals surface area contributed by atoms with E-state index in [4.69, 9.17) is 10.5 Å². The number of halogens is 1. The summed E-state index contributed by atoms with van der Waals surface area (Å²) in [6.07, 6.45) is 3.51. The van der Waals surface area contributed by atoms with Crippen LogP contribution in [0.3, 0.4) is 0 Å². The number of anilines is 1. The first-order valence-corrected chi connectivity index (χ1v) is 11.3. The predicted molar refractivity (Wildman–Crippen MR) is 113 cm³/mol. The molecule has 0 atom stereocenters. The van der Waals surface area contributed by atoms with Gasteiger partial charge in [-0.05, 0) is 49.2 Å². The van der Waals surface area contributed by atoms with E-state index >= 15 is 0 Å². The van der Waals surface area contributed by atoms with Crippen molar-refractivity contribution in [1.82, 2.24) is 4.31 Å². The van der Waals surface area contributed by atoms with Gasteiger partial charge >= 0.3 is 0 Å². The number of amides is 2. The summed E-state index contributed by atoms with van der Waals surface area (Å²) in [6.45, 7) is 0.848. The van der Waals surface area contributed by atoms with E-state index in [2.05, 4.69) is 5.32 Å². The molecule has 0 aromatic heterocycles. The van der Waals surface area contributed by atoms with E-state index in [9.17, 15) is 22.4 Å². The monoisotopic (exact) mass is 449 g/mol. The van der Waals surface area contributed by atoms with Crippen LogP contribution in [-0.2, 0) is 10.0 Å². The molecule has 0 aliphatic carbocycles. The van der Waals surface area contributed by atoms with E-state index in [1.54, 1.807) is 0 Å². The number of benzene rings is 2. The van der Waals surface area contributed by atoms with E-state index in [1.165, 1.54) is 41.7 Å². The summed E-state index contributed by atoms with van der Waals surface area (Å²) >= 11 is 0. The maximum atomic E-state index is 14.3. The molecular formula is C21H24FN3O5S. The Balaban J connectivity index is 1.91. The van der Waals surface area contributed by atoms with Gasteiger partial charge in [0.15, 0.2) is 0 Å². The van der Waals surface area contributed by atoms with Gasteiger partial charge in [0.05, 0.1) is 23.3 Å². The molecule has 3 rings (SSSR count). The number of carbonyl (C=O) groups is 2. The quantitative estimate of drug-likeness (QED) is 0.703. The Bertz CT molecular complexity index is 1100. The highest BCUT2D eigenvalue weighted by molar-refractivity contribution is 7.89. The number of hydrogen-bond acceptors (Lipinski definition) is 5. The Hall–Kier alpha value is -2.98. The number of rotatable bonds is 6. The molecule has 2 amide bonds. The van der Waals surface area contributed by atoms with Crippen molar-refractivity contribution >= 4 is 27.5 Å². The molecular weight excluding hydrogens is 425 g/mol. The van der Waals surface area contributed by atoms with Gasteiger partial charge in [-0.25, -0.2) is 12.8 Å². The smallest absolute Gasteiger partial charge is 0.259 e. The minimum atomic E-state index is -3.79. The van der Waals surface area contributed by atoms with Crippen molar-refractivity contribution in [3.8, 4) is 5.75 Å². The van der Waals surface area contributed by atoms with Gasteiger partial charge in [-0.2, -0.15) is 4.31 Å². The molecule has 0 saturated carbocycles.